The van der Waals surface area contributed by atoms with E-state index in [9.17, 15) is 9.90 Å². The smallest absolute Gasteiger partial charge is 0.338 e. The Hall–Kier alpha value is -1.87. The summed E-state index contributed by atoms with van der Waals surface area (Å²) in [5.74, 6) is -1.45. The molecular weight excluding hydrogens is 493 g/mol. The van der Waals surface area contributed by atoms with E-state index >= 15 is 0 Å². The molecule has 1 saturated heterocycles. The van der Waals surface area contributed by atoms with Crippen molar-refractivity contribution in [2.45, 2.75) is 54.4 Å². The molecule has 0 bridgehead atoms. The van der Waals surface area contributed by atoms with Gasteiger partial charge in [0.25, 0.3) is 3.79 Å². The van der Waals surface area contributed by atoms with E-state index in [-0.39, 0.29) is 12.2 Å². The van der Waals surface area contributed by atoms with Gasteiger partial charge in [0.1, 0.15) is 12.2 Å². The Labute approximate surface area is 207 Å². The highest BCUT2D eigenvalue weighted by molar-refractivity contribution is 6.76. The predicted octanol–water partition coefficient (Wildman–Crippen LogP) is 4.66. The van der Waals surface area contributed by atoms with Crippen molar-refractivity contribution in [2.75, 3.05) is 0 Å². The zero-order chi connectivity index (χ0) is 24.0. The van der Waals surface area contributed by atoms with Crippen LogP contribution in [0.15, 0.2) is 60.7 Å². The minimum atomic E-state index is -2.16. The number of esters is 1. The third-order valence-corrected chi connectivity index (χ3v) is 5.56. The quantitative estimate of drug-likeness (QED) is 0.240. The fourth-order valence-corrected chi connectivity index (χ4v) is 3.50. The third kappa shape index (κ3) is 6.82. The Balaban J connectivity index is 1.83. The highest BCUT2D eigenvalue weighted by atomic mass is 35.6. The number of benzene rings is 2. The predicted molar refractivity (Wildman–Crippen MR) is 125 cm³/mol. The number of alkyl halides is 3. The Kier molecular flexibility index (Phi) is 8.98. The van der Waals surface area contributed by atoms with E-state index in [0.717, 1.165) is 5.56 Å². The molecule has 2 N–H and O–H groups in total. The van der Waals surface area contributed by atoms with Gasteiger partial charge in [0.2, 0.25) is 12.2 Å². The van der Waals surface area contributed by atoms with Crippen LogP contribution in [0.5, 0.6) is 0 Å². The first-order chi connectivity index (χ1) is 15.7. The van der Waals surface area contributed by atoms with Gasteiger partial charge in [-0.2, -0.15) is 0 Å². The average Bonchev–Trinajstić information content (AvgIpc) is 2.81. The number of hydrogen-bond acceptors (Lipinski definition) is 7. The van der Waals surface area contributed by atoms with Gasteiger partial charge in [-0.3, -0.25) is 5.41 Å². The Morgan fingerprint density at radius 2 is 1.64 bits per heavy atom. The van der Waals surface area contributed by atoms with Crippen LogP contribution in [0.1, 0.15) is 29.3 Å². The fraction of sp³-hybridized carbons (Fsp3) is 0.391. The second-order valence-electron chi connectivity index (χ2n) is 7.38. The minimum absolute atomic E-state index is 0.206. The first-order valence-electron chi connectivity index (χ1n) is 10.3. The summed E-state index contributed by atoms with van der Waals surface area (Å²) in [5.41, 5.74) is 1.16. The van der Waals surface area contributed by atoms with E-state index < -0.39 is 46.4 Å². The normalized spacial score (nSPS) is 25.3. The molecule has 2 aromatic carbocycles. The summed E-state index contributed by atoms with van der Waals surface area (Å²) >= 11 is 17.2. The van der Waals surface area contributed by atoms with Crippen LogP contribution >= 0.6 is 34.8 Å². The van der Waals surface area contributed by atoms with Crippen LogP contribution in [0.2, 0.25) is 0 Å². The Bertz CT molecular complexity index is 925. The number of hydrogen-bond donors (Lipinski definition) is 2. The highest BCUT2D eigenvalue weighted by Crippen LogP contribution is 2.33. The number of halogens is 3. The van der Waals surface area contributed by atoms with Gasteiger partial charge in [-0.25, -0.2) is 4.79 Å². The van der Waals surface area contributed by atoms with Gasteiger partial charge in [0.15, 0.2) is 6.10 Å². The molecule has 0 spiro atoms. The summed E-state index contributed by atoms with van der Waals surface area (Å²) in [5, 5.41) is 19.1. The lowest BCUT2D eigenvalue weighted by atomic mass is 9.96. The molecular formula is C23H24Cl3NO6. The SMILES string of the molecule is CCC1O[C@H](OC(=N)C(Cl)(Cl)Cl)C(OC(=O)c2ccccc2)[C@@H](O)[C@@H]1OCc1ccccc1. The standard InChI is InChI=1S/C23H24Cl3NO6/c1-2-16-18(30-13-14-9-5-3-6-10-14)17(28)19(21(31-16)33-22(27)23(24,25)26)32-20(29)15-11-7-4-8-12-15/h3-12,16-19,21,27-28H,2,13H2,1H3/t16?,17-,18+,19?,21+/m0/s1. The molecule has 178 valence electrons. The summed E-state index contributed by atoms with van der Waals surface area (Å²) in [7, 11) is 0. The lowest BCUT2D eigenvalue weighted by Crippen LogP contribution is -2.60. The second kappa shape index (κ2) is 11.5. The number of ether oxygens (including phenoxy) is 4. The molecule has 0 saturated carbocycles. The molecule has 0 aliphatic carbocycles. The van der Waals surface area contributed by atoms with Gasteiger partial charge in [0, 0.05) is 0 Å². The molecule has 0 aromatic heterocycles. The van der Waals surface area contributed by atoms with E-state index in [4.69, 9.17) is 59.2 Å². The van der Waals surface area contributed by atoms with E-state index in [1.165, 1.54) is 0 Å². The van der Waals surface area contributed by atoms with Crippen molar-refractivity contribution in [3.8, 4) is 0 Å². The van der Waals surface area contributed by atoms with Crippen LogP contribution < -0.4 is 0 Å². The van der Waals surface area contributed by atoms with Crippen molar-refractivity contribution in [3.63, 3.8) is 0 Å². The van der Waals surface area contributed by atoms with Crippen LogP contribution in [0.25, 0.3) is 0 Å². The minimum Gasteiger partial charge on any atom is -0.449 e. The number of aliphatic hydroxyl groups is 1. The largest absolute Gasteiger partial charge is 0.449 e. The number of carbonyl (C=O) groups is 1. The van der Waals surface area contributed by atoms with Crippen molar-refractivity contribution in [1.82, 2.24) is 0 Å². The fourth-order valence-electron chi connectivity index (χ4n) is 3.37. The maximum Gasteiger partial charge on any atom is 0.338 e. The molecule has 2 aromatic rings. The van der Waals surface area contributed by atoms with Crippen molar-refractivity contribution >= 4 is 46.7 Å². The molecule has 2 unspecified atom stereocenters. The first-order valence-corrected chi connectivity index (χ1v) is 11.4. The van der Waals surface area contributed by atoms with Crippen LogP contribution in [0.3, 0.4) is 0 Å². The summed E-state index contributed by atoms with van der Waals surface area (Å²) in [6.07, 6.45) is -5.12. The molecule has 0 amide bonds. The monoisotopic (exact) mass is 515 g/mol. The molecule has 1 aliphatic heterocycles. The number of nitrogens with one attached hydrogen (secondary N) is 1. The van der Waals surface area contributed by atoms with E-state index in [0.29, 0.717) is 6.42 Å². The summed E-state index contributed by atoms with van der Waals surface area (Å²) < 4.78 is 20.7. The van der Waals surface area contributed by atoms with Gasteiger partial charge in [-0.1, -0.05) is 90.3 Å². The molecule has 1 fully saturated rings. The molecule has 1 aliphatic rings. The molecule has 5 atom stereocenters. The molecule has 10 heteroatoms. The van der Waals surface area contributed by atoms with E-state index in [1.807, 2.05) is 37.3 Å². The average molecular weight is 517 g/mol. The van der Waals surface area contributed by atoms with Gasteiger partial charge in [0.05, 0.1) is 18.3 Å². The van der Waals surface area contributed by atoms with Gasteiger partial charge in [-0.05, 0) is 24.1 Å². The van der Waals surface area contributed by atoms with Gasteiger partial charge < -0.3 is 24.1 Å². The van der Waals surface area contributed by atoms with Crippen molar-refractivity contribution in [2.24, 2.45) is 0 Å². The van der Waals surface area contributed by atoms with Gasteiger partial charge in [-0.15, -0.1) is 0 Å². The zero-order valence-electron chi connectivity index (χ0n) is 17.7. The molecule has 3 rings (SSSR count). The molecule has 7 nitrogen and oxygen atoms in total. The third-order valence-electron chi connectivity index (χ3n) is 5.05. The lowest BCUT2D eigenvalue weighted by molar-refractivity contribution is -0.286. The lowest BCUT2D eigenvalue weighted by Gasteiger charge is -2.43. The van der Waals surface area contributed by atoms with Gasteiger partial charge >= 0.3 is 5.97 Å². The van der Waals surface area contributed by atoms with E-state index in [2.05, 4.69) is 0 Å². The molecule has 1 heterocycles. The van der Waals surface area contributed by atoms with Crippen LogP contribution in [-0.2, 0) is 25.6 Å². The maximum absolute atomic E-state index is 12.7. The number of aliphatic hydroxyl groups excluding tert-OH is 1. The highest BCUT2D eigenvalue weighted by Gasteiger charge is 2.50. The van der Waals surface area contributed by atoms with Crippen LogP contribution in [0.4, 0.5) is 0 Å². The summed E-state index contributed by atoms with van der Waals surface area (Å²) in [6, 6.07) is 17.6. The van der Waals surface area contributed by atoms with Crippen molar-refractivity contribution in [1.29, 1.82) is 5.41 Å². The number of carbonyl (C=O) groups excluding carboxylic acids is 1. The molecule has 0 radical (unpaired) electrons. The summed E-state index contributed by atoms with van der Waals surface area (Å²) in [6.45, 7) is 2.04. The van der Waals surface area contributed by atoms with Crippen molar-refractivity contribution < 1.29 is 28.8 Å². The first kappa shape index (κ1) is 25.7. The number of rotatable bonds is 7. The maximum atomic E-state index is 12.7. The second-order valence-corrected chi connectivity index (χ2v) is 9.66. The van der Waals surface area contributed by atoms with Crippen molar-refractivity contribution in [3.05, 3.63) is 71.8 Å². The Morgan fingerprint density at radius 1 is 1.03 bits per heavy atom. The Morgan fingerprint density at radius 3 is 2.21 bits per heavy atom. The zero-order valence-corrected chi connectivity index (χ0v) is 20.0. The molecule has 33 heavy (non-hydrogen) atoms. The van der Waals surface area contributed by atoms with E-state index in [1.54, 1.807) is 30.3 Å². The topological polar surface area (TPSA) is 98.1 Å². The van der Waals surface area contributed by atoms with Crippen LogP contribution in [0, 0.1) is 5.41 Å². The summed E-state index contributed by atoms with van der Waals surface area (Å²) in [4.78, 5) is 12.7. The van der Waals surface area contributed by atoms with Crippen LogP contribution in [-0.4, -0.2) is 51.5 Å².